The first-order chi connectivity index (χ1) is 10.1. The Labute approximate surface area is 124 Å². The summed E-state index contributed by atoms with van der Waals surface area (Å²) in [7, 11) is 1.97. The predicted molar refractivity (Wildman–Crippen MR) is 84.9 cm³/mol. The molecule has 4 heteroatoms. The first-order valence-corrected chi connectivity index (χ1v) is 7.21. The highest BCUT2D eigenvalue weighted by Gasteiger charge is 2.11. The van der Waals surface area contributed by atoms with Crippen LogP contribution in [0.25, 0.3) is 10.9 Å². The van der Waals surface area contributed by atoms with Crippen molar-refractivity contribution in [1.82, 2.24) is 20.1 Å². The van der Waals surface area contributed by atoms with Crippen LogP contribution >= 0.6 is 0 Å². The standard InChI is InChI=1S/C17H20N4/c1-12(16-11-19-21(3)13(16)2)18-10-15-9-8-14-6-4-5-7-17(14)20-15/h4-9,11-12,18H,10H2,1-3H3. The van der Waals surface area contributed by atoms with E-state index in [-0.39, 0.29) is 6.04 Å². The van der Waals surface area contributed by atoms with Gasteiger partial charge in [-0.15, -0.1) is 0 Å². The van der Waals surface area contributed by atoms with E-state index in [4.69, 9.17) is 0 Å². The zero-order valence-electron chi connectivity index (χ0n) is 12.7. The minimum Gasteiger partial charge on any atom is -0.304 e. The average molecular weight is 280 g/mol. The van der Waals surface area contributed by atoms with Crippen molar-refractivity contribution in [3.63, 3.8) is 0 Å². The van der Waals surface area contributed by atoms with E-state index in [1.807, 2.05) is 36.1 Å². The van der Waals surface area contributed by atoms with Crippen molar-refractivity contribution in [2.24, 2.45) is 7.05 Å². The number of para-hydroxylation sites is 1. The van der Waals surface area contributed by atoms with E-state index < -0.39 is 0 Å². The number of hydrogen-bond donors (Lipinski definition) is 1. The molecule has 0 bridgehead atoms. The van der Waals surface area contributed by atoms with Crippen LogP contribution in [-0.2, 0) is 13.6 Å². The molecule has 0 aliphatic carbocycles. The molecule has 21 heavy (non-hydrogen) atoms. The molecule has 1 unspecified atom stereocenters. The normalized spacial score (nSPS) is 12.7. The maximum atomic E-state index is 4.69. The molecule has 0 radical (unpaired) electrons. The summed E-state index contributed by atoms with van der Waals surface area (Å²) in [6.45, 7) is 5.00. The first kappa shape index (κ1) is 13.8. The second-order valence-corrected chi connectivity index (χ2v) is 5.41. The van der Waals surface area contributed by atoms with Gasteiger partial charge in [0.2, 0.25) is 0 Å². The molecule has 3 rings (SSSR count). The third-order valence-electron chi connectivity index (χ3n) is 3.99. The van der Waals surface area contributed by atoms with Crippen molar-refractivity contribution in [3.8, 4) is 0 Å². The van der Waals surface area contributed by atoms with Crippen molar-refractivity contribution in [1.29, 1.82) is 0 Å². The highest BCUT2D eigenvalue weighted by Crippen LogP contribution is 2.17. The lowest BCUT2D eigenvalue weighted by Gasteiger charge is -2.13. The lowest BCUT2D eigenvalue weighted by Crippen LogP contribution is -2.19. The van der Waals surface area contributed by atoms with Crippen LogP contribution in [0, 0.1) is 6.92 Å². The highest BCUT2D eigenvalue weighted by atomic mass is 15.3. The molecule has 0 saturated heterocycles. The Bertz CT molecular complexity index is 760. The second kappa shape index (κ2) is 5.66. The molecule has 0 aliphatic heterocycles. The maximum Gasteiger partial charge on any atom is 0.0705 e. The van der Waals surface area contributed by atoms with Crippen LogP contribution in [0.4, 0.5) is 0 Å². The molecule has 1 atom stereocenters. The number of rotatable bonds is 4. The van der Waals surface area contributed by atoms with Crippen molar-refractivity contribution >= 4 is 10.9 Å². The molecule has 0 amide bonds. The van der Waals surface area contributed by atoms with Gasteiger partial charge in [-0.1, -0.05) is 24.3 Å². The van der Waals surface area contributed by atoms with Gasteiger partial charge in [-0.25, -0.2) is 0 Å². The SMILES string of the molecule is Cc1c(C(C)NCc2ccc3ccccc3n2)cnn1C. The van der Waals surface area contributed by atoms with Gasteiger partial charge >= 0.3 is 0 Å². The van der Waals surface area contributed by atoms with E-state index in [1.54, 1.807) is 0 Å². The molecule has 0 fully saturated rings. The number of hydrogen-bond acceptors (Lipinski definition) is 3. The van der Waals surface area contributed by atoms with Gasteiger partial charge in [0.25, 0.3) is 0 Å². The summed E-state index contributed by atoms with van der Waals surface area (Å²) in [6.07, 6.45) is 1.93. The third-order valence-corrected chi connectivity index (χ3v) is 3.99. The number of nitrogens with zero attached hydrogens (tertiary/aromatic N) is 3. The van der Waals surface area contributed by atoms with E-state index in [0.717, 1.165) is 17.8 Å². The fourth-order valence-electron chi connectivity index (χ4n) is 2.52. The molecule has 0 spiro atoms. The van der Waals surface area contributed by atoms with Gasteiger partial charge in [0, 0.05) is 36.3 Å². The number of fused-ring (bicyclic) bond motifs is 1. The summed E-state index contributed by atoms with van der Waals surface area (Å²) in [5.74, 6) is 0. The predicted octanol–water partition coefficient (Wildman–Crippen LogP) is 3.13. The zero-order valence-corrected chi connectivity index (χ0v) is 12.7. The Hall–Kier alpha value is -2.20. The minimum absolute atomic E-state index is 0.256. The summed E-state index contributed by atoms with van der Waals surface area (Å²) >= 11 is 0. The fourth-order valence-corrected chi connectivity index (χ4v) is 2.52. The molecule has 0 saturated carbocycles. The van der Waals surface area contributed by atoms with Crippen molar-refractivity contribution in [2.45, 2.75) is 26.4 Å². The molecular formula is C17H20N4. The van der Waals surface area contributed by atoms with Gasteiger partial charge < -0.3 is 5.32 Å². The van der Waals surface area contributed by atoms with Gasteiger partial charge in [-0.3, -0.25) is 9.67 Å². The number of aryl methyl sites for hydroxylation is 1. The fraction of sp³-hybridized carbons (Fsp3) is 0.294. The summed E-state index contributed by atoms with van der Waals surface area (Å²) < 4.78 is 1.90. The molecule has 1 N–H and O–H groups in total. The van der Waals surface area contributed by atoms with E-state index in [0.29, 0.717) is 0 Å². The Morgan fingerprint density at radius 2 is 2.00 bits per heavy atom. The first-order valence-electron chi connectivity index (χ1n) is 7.21. The molecule has 4 nitrogen and oxygen atoms in total. The lowest BCUT2D eigenvalue weighted by atomic mass is 10.1. The number of nitrogens with one attached hydrogen (secondary N) is 1. The van der Waals surface area contributed by atoms with Gasteiger partial charge in [0.05, 0.1) is 17.4 Å². The van der Waals surface area contributed by atoms with Gasteiger partial charge in [0.15, 0.2) is 0 Å². The Balaban J connectivity index is 1.72. The van der Waals surface area contributed by atoms with Gasteiger partial charge in [0.1, 0.15) is 0 Å². The van der Waals surface area contributed by atoms with Crippen molar-refractivity contribution in [2.75, 3.05) is 0 Å². The second-order valence-electron chi connectivity index (χ2n) is 5.41. The van der Waals surface area contributed by atoms with Crippen molar-refractivity contribution < 1.29 is 0 Å². The summed E-state index contributed by atoms with van der Waals surface area (Å²) in [4.78, 5) is 4.69. The maximum absolute atomic E-state index is 4.69. The van der Waals surface area contributed by atoms with E-state index in [9.17, 15) is 0 Å². The quantitative estimate of drug-likeness (QED) is 0.798. The number of pyridine rings is 1. The number of aromatic nitrogens is 3. The van der Waals surface area contributed by atoms with E-state index in [1.165, 1.54) is 16.6 Å². The summed E-state index contributed by atoms with van der Waals surface area (Å²) in [5, 5.41) is 8.99. The largest absolute Gasteiger partial charge is 0.304 e. The Morgan fingerprint density at radius 1 is 1.19 bits per heavy atom. The van der Waals surface area contributed by atoms with Crippen LogP contribution in [0.1, 0.15) is 29.9 Å². The molecule has 1 aromatic carbocycles. The minimum atomic E-state index is 0.256. The Morgan fingerprint density at radius 3 is 2.76 bits per heavy atom. The molecule has 0 aliphatic rings. The third kappa shape index (κ3) is 2.81. The lowest BCUT2D eigenvalue weighted by molar-refractivity contribution is 0.565. The van der Waals surface area contributed by atoms with Gasteiger partial charge in [-0.05, 0) is 26.0 Å². The summed E-state index contributed by atoms with van der Waals surface area (Å²) in [6, 6.07) is 12.7. The van der Waals surface area contributed by atoms with Crippen LogP contribution in [0.5, 0.6) is 0 Å². The molecule has 2 heterocycles. The van der Waals surface area contributed by atoms with Crippen LogP contribution < -0.4 is 5.32 Å². The van der Waals surface area contributed by atoms with Crippen molar-refractivity contribution in [3.05, 3.63) is 59.5 Å². The van der Waals surface area contributed by atoms with Gasteiger partial charge in [-0.2, -0.15) is 5.10 Å². The van der Waals surface area contributed by atoms with Crippen LogP contribution in [0.15, 0.2) is 42.6 Å². The molecule has 2 aromatic heterocycles. The summed E-state index contributed by atoms with van der Waals surface area (Å²) in [5.41, 5.74) is 4.53. The highest BCUT2D eigenvalue weighted by molar-refractivity contribution is 5.78. The smallest absolute Gasteiger partial charge is 0.0705 e. The molecular weight excluding hydrogens is 260 g/mol. The monoisotopic (exact) mass is 280 g/mol. The zero-order chi connectivity index (χ0) is 14.8. The Kier molecular flexibility index (Phi) is 3.71. The molecule has 108 valence electrons. The van der Waals surface area contributed by atoms with E-state index >= 15 is 0 Å². The van der Waals surface area contributed by atoms with Crippen LogP contribution in [0.2, 0.25) is 0 Å². The van der Waals surface area contributed by atoms with Crippen LogP contribution in [0.3, 0.4) is 0 Å². The van der Waals surface area contributed by atoms with E-state index in [2.05, 4.69) is 47.4 Å². The topological polar surface area (TPSA) is 42.7 Å². The molecule has 3 aromatic rings. The van der Waals surface area contributed by atoms with Crippen LogP contribution in [-0.4, -0.2) is 14.8 Å². The average Bonchev–Trinajstić information content (AvgIpc) is 2.84. The number of benzene rings is 1.